The van der Waals surface area contributed by atoms with Crippen molar-refractivity contribution >= 4 is 16.9 Å². The van der Waals surface area contributed by atoms with Crippen LogP contribution in [-0.4, -0.2) is 23.5 Å². The predicted octanol–water partition coefficient (Wildman–Crippen LogP) is 2.65. The lowest BCUT2D eigenvalue weighted by Crippen LogP contribution is -2.23. The summed E-state index contributed by atoms with van der Waals surface area (Å²) < 4.78 is 0. The molecule has 2 rings (SSSR count). The number of hydrogen-bond donors (Lipinski definition) is 1. The summed E-state index contributed by atoms with van der Waals surface area (Å²) in [6.45, 7) is 3.25. The van der Waals surface area contributed by atoms with Gasteiger partial charge in [0.15, 0.2) is 5.17 Å². The van der Waals surface area contributed by atoms with Crippen LogP contribution in [0.2, 0.25) is 0 Å². The van der Waals surface area contributed by atoms with Gasteiger partial charge in [-0.2, -0.15) is 0 Å². The van der Waals surface area contributed by atoms with Gasteiger partial charge in [0.05, 0.1) is 0 Å². The van der Waals surface area contributed by atoms with Crippen molar-refractivity contribution < 1.29 is 0 Å². The molecular formula is C11H20N2S. The molecule has 80 valence electrons. The molecule has 2 nitrogen and oxygen atoms in total. The first-order valence-corrected chi connectivity index (χ1v) is 6.77. The van der Waals surface area contributed by atoms with Gasteiger partial charge < -0.3 is 5.32 Å². The fourth-order valence-corrected chi connectivity index (χ4v) is 3.20. The SMILES string of the molecule is CC1CSC(=NCCC2CCCC2)N1. The van der Waals surface area contributed by atoms with Gasteiger partial charge in [-0.3, -0.25) is 4.99 Å². The largest absolute Gasteiger partial charge is 0.362 e. The summed E-state index contributed by atoms with van der Waals surface area (Å²) in [6, 6.07) is 0.616. The quantitative estimate of drug-likeness (QED) is 0.778. The van der Waals surface area contributed by atoms with Crippen LogP contribution in [0.1, 0.15) is 39.0 Å². The number of amidine groups is 1. The van der Waals surface area contributed by atoms with E-state index < -0.39 is 0 Å². The molecule has 1 saturated carbocycles. The lowest BCUT2D eigenvalue weighted by atomic mass is 10.1. The van der Waals surface area contributed by atoms with Crippen molar-refractivity contribution in [3.8, 4) is 0 Å². The summed E-state index contributed by atoms with van der Waals surface area (Å²) in [5, 5.41) is 4.57. The molecule has 1 aliphatic heterocycles. The van der Waals surface area contributed by atoms with E-state index in [1.54, 1.807) is 0 Å². The van der Waals surface area contributed by atoms with E-state index >= 15 is 0 Å². The van der Waals surface area contributed by atoms with E-state index in [0.717, 1.165) is 12.5 Å². The van der Waals surface area contributed by atoms with E-state index in [1.165, 1.54) is 43.0 Å². The second kappa shape index (κ2) is 5.06. The van der Waals surface area contributed by atoms with Gasteiger partial charge in [0.25, 0.3) is 0 Å². The molecular weight excluding hydrogens is 192 g/mol. The van der Waals surface area contributed by atoms with E-state index in [1.807, 2.05) is 11.8 Å². The molecule has 0 aromatic carbocycles. The molecule has 2 aliphatic rings. The van der Waals surface area contributed by atoms with Gasteiger partial charge in [-0.15, -0.1) is 0 Å². The highest BCUT2D eigenvalue weighted by Crippen LogP contribution is 2.27. The van der Waals surface area contributed by atoms with Crippen LogP contribution in [0.4, 0.5) is 0 Å². The van der Waals surface area contributed by atoms with Crippen LogP contribution in [0.25, 0.3) is 0 Å². The number of nitrogens with zero attached hydrogens (tertiary/aromatic N) is 1. The van der Waals surface area contributed by atoms with E-state index in [-0.39, 0.29) is 0 Å². The van der Waals surface area contributed by atoms with Crippen LogP contribution >= 0.6 is 11.8 Å². The second-order valence-corrected chi connectivity index (χ2v) is 5.49. The van der Waals surface area contributed by atoms with E-state index in [0.29, 0.717) is 6.04 Å². The Balaban J connectivity index is 1.66. The first-order valence-electron chi connectivity index (χ1n) is 5.78. The third-order valence-electron chi connectivity index (χ3n) is 3.11. The van der Waals surface area contributed by atoms with Gasteiger partial charge in [0, 0.05) is 18.3 Å². The molecule has 1 unspecified atom stereocenters. The third-order valence-corrected chi connectivity index (χ3v) is 4.29. The zero-order chi connectivity index (χ0) is 9.80. The van der Waals surface area contributed by atoms with Crippen molar-refractivity contribution in [1.82, 2.24) is 5.32 Å². The van der Waals surface area contributed by atoms with Crippen LogP contribution in [0, 0.1) is 5.92 Å². The standard InChI is InChI=1S/C11H20N2S/c1-9-8-14-11(13-9)12-7-6-10-4-2-3-5-10/h9-10H,2-8H2,1H3,(H,12,13). The molecule has 0 radical (unpaired) electrons. The molecule has 1 heterocycles. The van der Waals surface area contributed by atoms with Crippen LogP contribution in [0.5, 0.6) is 0 Å². The van der Waals surface area contributed by atoms with Crippen molar-refractivity contribution in [2.75, 3.05) is 12.3 Å². The topological polar surface area (TPSA) is 24.4 Å². The van der Waals surface area contributed by atoms with Crippen LogP contribution in [0.15, 0.2) is 4.99 Å². The molecule has 1 N–H and O–H groups in total. The van der Waals surface area contributed by atoms with Gasteiger partial charge in [0.1, 0.15) is 0 Å². The molecule has 1 saturated heterocycles. The highest BCUT2D eigenvalue weighted by molar-refractivity contribution is 8.14. The van der Waals surface area contributed by atoms with Gasteiger partial charge >= 0.3 is 0 Å². The maximum atomic E-state index is 4.61. The lowest BCUT2D eigenvalue weighted by Gasteiger charge is -2.06. The van der Waals surface area contributed by atoms with Gasteiger partial charge in [0.2, 0.25) is 0 Å². The molecule has 0 amide bonds. The third kappa shape index (κ3) is 2.91. The predicted molar refractivity (Wildman–Crippen MR) is 63.9 cm³/mol. The normalized spacial score (nSPS) is 31.2. The molecule has 14 heavy (non-hydrogen) atoms. The number of thioether (sulfide) groups is 1. The lowest BCUT2D eigenvalue weighted by molar-refractivity contribution is 0.512. The average Bonchev–Trinajstić information content (AvgIpc) is 2.77. The number of nitrogens with one attached hydrogen (secondary N) is 1. The van der Waals surface area contributed by atoms with Crippen molar-refractivity contribution in [2.45, 2.75) is 45.1 Å². The fraction of sp³-hybridized carbons (Fsp3) is 0.909. The van der Waals surface area contributed by atoms with Gasteiger partial charge in [-0.25, -0.2) is 0 Å². The summed E-state index contributed by atoms with van der Waals surface area (Å²) in [7, 11) is 0. The summed E-state index contributed by atoms with van der Waals surface area (Å²) in [5.74, 6) is 2.16. The highest BCUT2D eigenvalue weighted by atomic mass is 32.2. The Morgan fingerprint density at radius 1 is 1.43 bits per heavy atom. The van der Waals surface area contributed by atoms with Crippen molar-refractivity contribution in [3.63, 3.8) is 0 Å². The Labute approximate surface area is 90.9 Å². The van der Waals surface area contributed by atoms with Crippen LogP contribution in [0.3, 0.4) is 0 Å². The molecule has 0 aromatic heterocycles. The van der Waals surface area contributed by atoms with Gasteiger partial charge in [-0.05, 0) is 19.3 Å². The van der Waals surface area contributed by atoms with E-state index in [9.17, 15) is 0 Å². The summed E-state index contributed by atoms with van der Waals surface area (Å²) in [6.07, 6.45) is 7.10. The maximum absolute atomic E-state index is 4.61. The molecule has 3 heteroatoms. The molecule has 0 spiro atoms. The average molecular weight is 212 g/mol. The minimum atomic E-state index is 0.616. The zero-order valence-electron chi connectivity index (χ0n) is 8.96. The second-order valence-electron chi connectivity index (χ2n) is 4.48. The Hall–Kier alpha value is -0.180. The van der Waals surface area contributed by atoms with Crippen LogP contribution < -0.4 is 5.32 Å². The zero-order valence-corrected chi connectivity index (χ0v) is 9.78. The van der Waals surface area contributed by atoms with E-state index in [4.69, 9.17) is 0 Å². The fourth-order valence-electron chi connectivity index (χ4n) is 2.24. The molecule has 0 aromatic rings. The Bertz CT molecular complexity index is 209. The number of rotatable bonds is 3. The summed E-state index contributed by atoms with van der Waals surface area (Å²) in [5.41, 5.74) is 0. The Morgan fingerprint density at radius 2 is 2.21 bits per heavy atom. The van der Waals surface area contributed by atoms with E-state index in [2.05, 4.69) is 17.2 Å². The number of hydrogen-bond acceptors (Lipinski definition) is 2. The van der Waals surface area contributed by atoms with Crippen molar-refractivity contribution in [2.24, 2.45) is 10.9 Å². The van der Waals surface area contributed by atoms with Crippen LogP contribution in [-0.2, 0) is 0 Å². The smallest absolute Gasteiger partial charge is 0.156 e. The first kappa shape index (κ1) is 10.3. The van der Waals surface area contributed by atoms with Crippen molar-refractivity contribution in [3.05, 3.63) is 0 Å². The summed E-state index contributed by atoms with van der Waals surface area (Å²) in [4.78, 5) is 4.61. The summed E-state index contributed by atoms with van der Waals surface area (Å²) >= 11 is 1.87. The number of aliphatic imine (C=N–C) groups is 1. The maximum Gasteiger partial charge on any atom is 0.156 e. The highest BCUT2D eigenvalue weighted by Gasteiger charge is 2.16. The molecule has 1 aliphatic carbocycles. The molecule has 1 atom stereocenters. The van der Waals surface area contributed by atoms with Gasteiger partial charge in [-0.1, -0.05) is 37.4 Å². The first-order chi connectivity index (χ1) is 6.84. The Morgan fingerprint density at radius 3 is 2.86 bits per heavy atom. The minimum Gasteiger partial charge on any atom is -0.362 e. The molecule has 2 fully saturated rings. The van der Waals surface area contributed by atoms with Crippen molar-refractivity contribution in [1.29, 1.82) is 0 Å². The minimum absolute atomic E-state index is 0.616. The molecule has 0 bridgehead atoms. The monoisotopic (exact) mass is 212 g/mol. The Kier molecular flexibility index (Phi) is 3.74.